The van der Waals surface area contributed by atoms with Crippen molar-refractivity contribution in [2.45, 2.75) is 20.4 Å². The first-order chi connectivity index (χ1) is 9.67. The summed E-state index contributed by atoms with van der Waals surface area (Å²) in [6.07, 6.45) is 1.53. The molecule has 2 aromatic rings. The van der Waals surface area contributed by atoms with E-state index in [1.54, 1.807) is 7.11 Å². The predicted octanol–water partition coefficient (Wildman–Crippen LogP) is 2.40. The molecule has 0 aliphatic rings. The fourth-order valence-corrected chi connectivity index (χ4v) is 2.17. The van der Waals surface area contributed by atoms with Gasteiger partial charge in [-0.25, -0.2) is 9.97 Å². The van der Waals surface area contributed by atoms with Gasteiger partial charge >= 0.3 is 0 Å². The van der Waals surface area contributed by atoms with E-state index in [4.69, 9.17) is 10.5 Å². The minimum absolute atomic E-state index is 0.606. The summed E-state index contributed by atoms with van der Waals surface area (Å²) < 4.78 is 5.25. The monoisotopic (exact) mass is 272 g/mol. The van der Waals surface area contributed by atoms with E-state index in [-0.39, 0.29) is 0 Å². The van der Waals surface area contributed by atoms with Gasteiger partial charge in [0.25, 0.3) is 0 Å². The van der Waals surface area contributed by atoms with Gasteiger partial charge in [0.2, 0.25) is 5.88 Å². The van der Waals surface area contributed by atoms with Crippen LogP contribution in [0.5, 0.6) is 5.88 Å². The summed E-state index contributed by atoms with van der Waals surface area (Å²) in [5.41, 5.74) is 8.83. The van der Waals surface area contributed by atoms with E-state index >= 15 is 0 Å². The van der Waals surface area contributed by atoms with Crippen molar-refractivity contribution in [1.29, 1.82) is 0 Å². The van der Waals surface area contributed by atoms with Gasteiger partial charge in [-0.15, -0.1) is 0 Å². The van der Waals surface area contributed by atoms with Gasteiger partial charge in [-0.3, -0.25) is 0 Å². The topological polar surface area (TPSA) is 64.3 Å². The molecule has 5 nitrogen and oxygen atoms in total. The Kier molecular flexibility index (Phi) is 4.40. The molecule has 0 saturated carbocycles. The van der Waals surface area contributed by atoms with Crippen LogP contribution in [0.25, 0.3) is 0 Å². The number of anilines is 2. The second-order valence-corrected chi connectivity index (χ2v) is 4.54. The summed E-state index contributed by atoms with van der Waals surface area (Å²) in [5, 5.41) is 0. The lowest BCUT2D eigenvalue weighted by Gasteiger charge is -2.24. The third kappa shape index (κ3) is 2.82. The van der Waals surface area contributed by atoms with Gasteiger partial charge in [0, 0.05) is 18.8 Å². The van der Waals surface area contributed by atoms with Crippen LogP contribution in [-0.4, -0.2) is 23.6 Å². The minimum Gasteiger partial charge on any atom is -0.481 e. The molecule has 0 spiro atoms. The first-order valence-electron chi connectivity index (χ1n) is 6.61. The summed E-state index contributed by atoms with van der Waals surface area (Å²) in [5.74, 6) is 1.48. The summed E-state index contributed by atoms with van der Waals surface area (Å²) in [6.45, 7) is 5.60. The maximum atomic E-state index is 6.01. The smallest absolute Gasteiger partial charge is 0.221 e. The highest BCUT2D eigenvalue weighted by Crippen LogP contribution is 2.25. The molecular formula is C15H20N4O. The number of aromatic nitrogens is 2. The molecular weight excluding hydrogens is 252 g/mol. The molecule has 106 valence electrons. The van der Waals surface area contributed by atoms with Gasteiger partial charge in [0.15, 0.2) is 0 Å². The normalized spacial score (nSPS) is 10.3. The average Bonchev–Trinajstić information content (AvgIpc) is 2.47. The van der Waals surface area contributed by atoms with E-state index < -0.39 is 0 Å². The van der Waals surface area contributed by atoms with E-state index in [0.717, 1.165) is 29.2 Å². The molecule has 0 fully saturated rings. The molecule has 1 aromatic heterocycles. The van der Waals surface area contributed by atoms with Crippen molar-refractivity contribution in [2.24, 2.45) is 0 Å². The van der Waals surface area contributed by atoms with Gasteiger partial charge in [0.1, 0.15) is 12.1 Å². The Morgan fingerprint density at radius 3 is 2.65 bits per heavy atom. The lowest BCUT2D eigenvalue weighted by Crippen LogP contribution is -2.24. The quantitative estimate of drug-likeness (QED) is 0.847. The highest BCUT2D eigenvalue weighted by molar-refractivity contribution is 5.53. The third-order valence-corrected chi connectivity index (χ3v) is 3.30. The van der Waals surface area contributed by atoms with Gasteiger partial charge in [-0.2, -0.15) is 0 Å². The van der Waals surface area contributed by atoms with Crippen molar-refractivity contribution in [3.05, 3.63) is 41.7 Å². The Morgan fingerprint density at radius 2 is 2.00 bits per heavy atom. The second-order valence-electron chi connectivity index (χ2n) is 4.54. The van der Waals surface area contributed by atoms with Crippen molar-refractivity contribution >= 4 is 11.5 Å². The zero-order chi connectivity index (χ0) is 14.5. The van der Waals surface area contributed by atoms with Gasteiger partial charge < -0.3 is 15.4 Å². The Balaban J connectivity index is 2.32. The van der Waals surface area contributed by atoms with Crippen LogP contribution in [0.2, 0.25) is 0 Å². The van der Waals surface area contributed by atoms with Crippen LogP contribution in [0.15, 0.2) is 30.6 Å². The summed E-state index contributed by atoms with van der Waals surface area (Å²) in [6, 6.07) is 7.88. The molecule has 0 saturated heterocycles. The van der Waals surface area contributed by atoms with Gasteiger partial charge in [-0.1, -0.05) is 18.2 Å². The van der Waals surface area contributed by atoms with Crippen LogP contribution >= 0.6 is 0 Å². The number of benzene rings is 1. The van der Waals surface area contributed by atoms with Crippen LogP contribution in [0, 0.1) is 6.92 Å². The Hall–Kier alpha value is -2.30. The number of hydrogen-bond acceptors (Lipinski definition) is 5. The molecule has 1 aromatic carbocycles. The standard InChI is InChI=1S/C15H20N4O/c1-4-19(9-12-7-5-6-8-13(12)16)14-11(2)15(20-3)18-10-17-14/h5-8,10H,4,9,16H2,1-3H3. The van der Waals surface area contributed by atoms with Crippen LogP contribution in [0.1, 0.15) is 18.1 Å². The molecule has 0 aliphatic carbocycles. The molecule has 0 aliphatic heterocycles. The maximum Gasteiger partial charge on any atom is 0.221 e. The number of nitrogens with two attached hydrogens (primary N) is 1. The molecule has 0 radical (unpaired) electrons. The Labute approximate surface area is 119 Å². The van der Waals surface area contributed by atoms with Crippen LogP contribution in [0.3, 0.4) is 0 Å². The van der Waals surface area contributed by atoms with E-state index in [1.807, 2.05) is 31.2 Å². The fraction of sp³-hybridized carbons (Fsp3) is 0.333. The van der Waals surface area contributed by atoms with Gasteiger partial charge in [0.05, 0.1) is 12.7 Å². The zero-order valence-electron chi connectivity index (χ0n) is 12.1. The highest BCUT2D eigenvalue weighted by Gasteiger charge is 2.14. The lowest BCUT2D eigenvalue weighted by molar-refractivity contribution is 0.393. The minimum atomic E-state index is 0.606. The number of nitrogens with zero attached hydrogens (tertiary/aromatic N) is 3. The number of ether oxygens (including phenoxy) is 1. The van der Waals surface area contributed by atoms with Crippen LogP contribution in [-0.2, 0) is 6.54 Å². The number of nitrogen functional groups attached to an aromatic ring is 1. The van der Waals surface area contributed by atoms with E-state index in [9.17, 15) is 0 Å². The first-order valence-corrected chi connectivity index (χ1v) is 6.61. The van der Waals surface area contributed by atoms with Crippen molar-refractivity contribution in [2.75, 3.05) is 24.3 Å². The van der Waals surface area contributed by atoms with E-state index in [1.165, 1.54) is 6.33 Å². The number of para-hydroxylation sites is 1. The van der Waals surface area contributed by atoms with Crippen LogP contribution in [0.4, 0.5) is 11.5 Å². The van der Waals surface area contributed by atoms with Gasteiger partial charge in [-0.05, 0) is 25.5 Å². The first kappa shape index (κ1) is 14.1. The van der Waals surface area contributed by atoms with Crippen molar-refractivity contribution in [3.63, 3.8) is 0 Å². The van der Waals surface area contributed by atoms with Crippen molar-refractivity contribution in [3.8, 4) is 5.88 Å². The number of methoxy groups -OCH3 is 1. The van der Waals surface area contributed by atoms with Crippen LogP contribution < -0.4 is 15.4 Å². The summed E-state index contributed by atoms with van der Waals surface area (Å²) in [4.78, 5) is 10.6. The number of hydrogen-bond donors (Lipinski definition) is 1. The summed E-state index contributed by atoms with van der Waals surface area (Å²) in [7, 11) is 1.62. The average molecular weight is 272 g/mol. The van der Waals surface area contributed by atoms with E-state index in [0.29, 0.717) is 12.4 Å². The molecule has 5 heteroatoms. The molecule has 0 unspecified atom stereocenters. The molecule has 1 heterocycles. The lowest BCUT2D eigenvalue weighted by atomic mass is 10.1. The largest absolute Gasteiger partial charge is 0.481 e. The van der Waals surface area contributed by atoms with Crippen molar-refractivity contribution < 1.29 is 4.74 Å². The molecule has 0 amide bonds. The zero-order valence-corrected chi connectivity index (χ0v) is 12.1. The molecule has 20 heavy (non-hydrogen) atoms. The third-order valence-electron chi connectivity index (χ3n) is 3.30. The fourth-order valence-electron chi connectivity index (χ4n) is 2.17. The van der Waals surface area contributed by atoms with Crippen molar-refractivity contribution in [1.82, 2.24) is 9.97 Å². The molecule has 0 bridgehead atoms. The highest BCUT2D eigenvalue weighted by atomic mass is 16.5. The SMILES string of the molecule is CCN(Cc1ccccc1N)c1ncnc(OC)c1C. The maximum absolute atomic E-state index is 6.01. The van der Waals surface area contributed by atoms with E-state index in [2.05, 4.69) is 21.8 Å². The second kappa shape index (κ2) is 6.23. The Bertz CT molecular complexity index is 586. The number of rotatable bonds is 5. The predicted molar refractivity (Wildman–Crippen MR) is 80.9 cm³/mol. The Morgan fingerprint density at radius 1 is 1.25 bits per heavy atom. The summed E-state index contributed by atoms with van der Waals surface area (Å²) >= 11 is 0. The molecule has 0 atom stereocenters. The molecule has 2 rings (SSSR count). The molecule has 2 N–H and O–H groups in total.